The minimum absolute atomic E-state index is 0.0794. The van der Waals surface area contributed by atoms with Crippen LogP contribution in [0.1, 0.15) is 22.3 Å². The maximum atomic E-state index is 12.7. The Balaban J connectivity index is 2.36. The zero-order valence-electron chi connectivity index (χ0n) is 16.5. The summed E-state index contributed by atoms with van der Waals surface area (Å²) in [6.45, 7) is -2.15. The van der Waals surface area contributed by atoms with Gasteiger partial charge in [-0.15, -0.1) is 0 Å². The Morgan fingerprint density at radius 1 is 0.633 bits per heavy atom. The van der Waals surface area contributed by atoms with Gasteiger partial charge in [-0.3, -0.25) is 9.59 Å². The molecule has 0 bridgehead atoms. The summed E-state index contributed by atoms with van der Waals surface area (Å²) in [5.74, 6) is -2.52. The number of hydrogen-bond donors (Lipinski definition) is 6. The van der Waals surface area contributed by atoms with E-state index >= 15 is 0 Å². The van der Waals surface area contributed by atoms with Crippen molar-refractivity contribution in [2.75, 3.05) is 23.9 Å². The second-order valence-electron chi connectivity index (χ2n) is 6.59. The van der Waals surface area contributed by atoms with Crippen LogP contribution in [0.3, 0.4) is 0 Å². The molecule has 0 atom stereocenters. The fourth-order valence-corrected chi connectivity index (χ4v) is 2.87. The molecule has 0 aliphatic rings. The maximum Gasteiger partial charge on any atom is 0.316 e. The Morgan fingerprint density at radius 2 is 0.867 bits per heavy atom. The van der Waals surface area contributed by atoms with Gasteiger partial charge >= 0.3 is 11.8 Å². The average molecular weight is 420 g/mol. The van der Waals surface area contributed by atoms with E-state index in [1.165, 1.54) is 38.4 Å². The molecule has 0 fully saturated rings. The van der Waals surface area contributed by atoms with E-state index in [1.807, 2.05) is 0 Å². The van der Waals surface area contributed by atoms with E-state index in [0.717, 1.165) is 9.80 Å². The molecule has 10 nitrogen and oxygen atoms in total. The standard InChI is InChI=1S/C20H24N2O8/c1-21(15-3-11(7-23)17(27)12(4-15)8-24)19(29)20(30)22(2)16-5-13(9-25)18(28)14(6-16)10-26/h3-6,23-28H,7-10H2,1-2H3. The van der Waals surface area contributed by atoms with Crippen LogP contribution in [0.15, 0.2) is 24.3 Å². The van der Waals surface area contributed by atoms with Gasteiger partial charge in [0.1, 0.15) is 11.5 Å². The number of aliphatic hydroxyl groups excluding tert-OH is 4. The summed E-state index contributed by atoms with van der Waals surface area (Å²) in [5, 5.41) is 57.4. The largest absolute Gasteiger partial charge is 0.507 e. The molecule has 0 unspecified atom stereocenters. The first kappa shape index (κ1) is 23.1. The number of carbonyl (C=O) groups excluding carboxylic acids is 2. The highest BCUT2D eigenvalue weighted by Crippen LogP contribution is 2.31. The van der Waals surface area contributed by atoms with Crippen molar-refractivity contribution in [2.24, 2.45) is 0 Å². The Bertz CT molecular complexity index is 832. The normalized spacial score (nSPS) is 10.7. The lowest BCUT2D eigenvalue weighted by atomic mass is 10.1. The molecule has 0 radical (unpaired) electrons. The summed E-state index contributed by atoms with van der Waals surface area (Å²) < 4.78 is 0. The molecule has 0 spiro atoms. The highest BCUT2D eigenvalue weighted by molar-refractivity contribution is 6.44. The summed E-state index contributed by atoms with van der Waals surface area (Å²) in [7, 11) is 2.63. The second kappa shape index (κ2) is 9.55. The third-order valence-electron chi connectivity index (χ3n) is 4.75. The molecule has 30 heavy (non-hydrogen) atoms. The van der Waals surface area contributed by atoms with Gasteiger partial charge in [-0.2, -0.15) is 0 Å². The Labute approximate surface area is 172 Å². The number of aliphatic hydroxyl groups is 4. The van der Waals surface area contributed by atoms with Gasteiger partial charge in [0.2, 0.25) is 0 Å². The van der Waals surface area contributed by atoms with Gasteiger partial charge in [0.05, 0.1) is 26.4 Å². The first-order valence-electron chi connectivity index (χ1n) is 8.88. The van der Waals surface area contributed by atoms with E-state index in [0.29, 0.717) is 0 Å². The third-order valence-corrected chi connectivity index (χ3v) is 4.75. The number of aromatic hydroxyl groups is 2. The van der Waals surface area contributed by atoms with Gasteiger partial charge in [0.15, 0.2) is 0 Å². The number of anilines is 2. The number of likely N-dealkylation sites (N-methyl/N-ethyl adjacent to an activating group) is 2. The lowest BCUT2D eigenvalue weighted by Crippen LogP contribution is -2.42. The minimum Gasteiger partial charge on any atom is -0.507 e. The molecule has 0 aliphatic carbocycles. The molecule has 6 N–H and O–H groups in total. The lowest BCUT2D eigenvalue weighted by Gasteiger charge is -2.24. The van der Waals surface area contributed by atoms with Gasteiger partial charge in [0.25, 0.3) is 0 Å². The van der Waals surface area contributed by atoms with Crippen molar-refractivity contribution in [2.45, 2.75) is 26.4 Å². The number of nitrogens with zero attached hydrogens (tertiary/aromatic N) is 2. The van der Waals surface area contributed by atoms with Crippen LogP contribution in [0, 0.1) is 0 Å². The zero-order valence-corrected chi connectivity index (χ0v) is 16.5. The van der Waals surface area contributed by atoms with E-state index < -0.39 is 38.2 Å². The van der Waals surface area contributed by atoms with Crippen LogP contribution in [0.5, 0.6) is 11.5 Å². The minimum atomic E-state index is -0.958. The van der Waals surface area contributed by atoms with Gasteiger partial charge < -0.3 is 40.4 Å². The van der Waals surface area contributed by atoms with Gasteiger partial charge in [0, 0.05) is 47.7 Å². The van der Waals surface area contributed by atoms with Crippen LogP contribution in [0.25, 0.3) is 0 Å². The molecular weight excluding hydrogens is 396 g/mol. The van der Waals surface area contributed by atoms with Crippen molar-refractivity contribution >= 4 is 23.2 Å². The first-order chi connectivity index (χ1) is 14.2. The quantitative estimate of drug-likeness (QED) is 0.347. The molecule has 0 saturated heterocycles. The van der Waals surface area contributed by atoms with Crippen molar-refractivity contribution in [1.82, 2.24) is 0 Å². The third kappa shape index (κ3) is 4.36. The molecule has 0 aromatic heterocycles. The number of phenols is 2. The maximum absolute atomic E-state index is 12.7. The number of amides is 2. The predicted octanol–water partition coefficient (Wildman–Crippen LogP) is -0.307. The Morgan fingerprint density at radius 3 is 1.07 bits per heavy atom. The van der Waals surface area contributed by atoms with E-state index in [-0.39, 0.29) is 45.1 Å². The lowest BCUT2D eigenvalue weighted by molar-refractivity contribution is -0.135. The molecule has 2 amide bonds. The van der Waals surface area contributed by atoms with Gasteiger partial charge in [-0.05, 0) is 24.3 Å². The number of benzene rings is 2. The first-order valence-corrected chi connectivity index (χ1v) is 8.88. The smallest absolute Gasteiger partial charge is 0.316 e. The van der Waals surface area contributed by atoms with E-state index in [4.69, 9.17) is 0 Å². The summed E-state index contributed by atoms with van der Waals surface area (Å²) in [5.41, 5.74) is 0.661. The zero-order chi connectivity index (χ0) is 22.6. The molecule has 0 aliphatic heterocycles. The fraction of sp³-hybridized carbons (Fsp3) is 0.300. The van der Waals surface area contributed by atoms with Crippen LogP contribution in [-0.2, 0) is 36.0 Å². The molecular formula is C20H24N2O8. The fourth-order valence-electron chi connectivity index (χ4n) is 2.87. The molecule has 10 heteroatoms. The van der Waals surface area contributed by atoms with E-state index in [9.17, 15) is 40.2 Å². The van der Waals surface area contributed by atoms with Crippen molar-refractivity contribution in [3.63, 3.8) is 0 Å². The van der Waals surface area contributed by atoms with Crippen LogP contribution in [0.4, 0.5) is 11.4 Å². The van der Waals surface area contributed by atoms with Crippen LogP contribution < -0.4 is 9.80 Å². The average Bonchev–Trinajstić information content (AvgIpc) is 2.77. The number of rotatable bonds is 6. The van der Waals surface area contributed by atoms with Crippen LogP contribution >= 0.6 is 0 Å². The Hall–Kier alpha value is -3.18. The molecule has 0 heterocycles. The van der Waals surface area contributed by atoms with Crippen molar-refractivity contribution in [3.8, 4) is 11.5 Å². The van der Waals surface area contributed by atoms with E-state index in [1.54, 1.807) is 0 Å². The van der Waals surface area contributed by atoms with Gasteiger partial charge in [-0.25, -0.2) is 0 Å². The van der Waals surface area contributed by atoms with Crippen LogP contribution in [0.2, 0.25) is 0 Å². The molecule has 0 saturated carbocycles. The Kier molecular flexibility index (Phi) is 7.35. The summed E-state index contributed by atoms with van der Waals surface area (Å²) in [6, 6.07) is 5.25. The molecule has 2 aromatic rings. The summed E-state index contributed by atoms with van der Waals surface area (Å²) in [6.07, 6.45) is 0. The van der Waals surface area contributed by atoms with Gasteiger partial charge in [-0.1, -0.05) is 0 Å². The number of hydrogen-bond acceptors (Lipinski definition) is 8. The summed E-state index contributed by atoms with van der Waals surface area (Å²) >= 11 is 0. The summed E-state index contributed by atoms with van der Waals surface area (Å²) in [4.78, 5) is 27.4. The number of carbonyl (C=O) groups is 2. The monoisotopic (exact) mass is 420 g/mol. The molecule has 2 rings (SSSR count). The van der Waals surface area contributed by atoms with Crippen molar-refractivity contribution in [1.29, 1.82) is 0 Å². The van der Waals surface area contributed by atoms with E-state index in [2.05, 4.69) is 0 Å². The van der Waals surface area contributed by atoms with Crippen LogP contribution in [-0.4, -0.2) is 56.5 Å². The highest BCUT2D eigenvalue weighted by atomic mass is 16.3. The van der Waals surface area contributed by atoms with Crippen molar-refractivity contribution < 1.29 is 40.2 Å². The molecule has 162 valence electrons. The highest BCUT2D eigenvalue weighted by Gasteiger charge is 2.26. The van der Waals surface area contributed by atoms with Crippen molar-refractivity contribution in [3.05, 3.63) is 46.5 Å². The molecule has 2 aromatic carbocycles. The predicted molar refractivity (Wildman–Crippen MR) is 107 cm³/mol. The second-order valence-corrected chi connectivity index (χ2v) is 6.59. The topological polar surface area (TPSA) is 162 Å². The SMILES string of the molecule is CN(C(=O)C(=O)N(C)c1cc(CO)c(O)c(CO)c1)c1cc(CO)c(O)c(CO)c1.